The van der Waals surface area contributed by atoms with Crippen LogP contribution in [0.25, 0.3) is 22.5 Å². The maximum atomic E-state index is 5.37. The number of hydrogen-bond donors (Lipinski definition) is 0. The van der Waals surface area contributed by atoms with Gasteiger partial charge in [0.1, 0.15) is 0 Å². The highest BCUT2D eigenvalue weighted by Crippen LogP contribution is 2.52. The summed E-state index contributed by atoms with van der Waals surface area (Å²) in [6.45, 7) is 4.84. The molecule has 3 saturated carbocycles. The first kappa shape index (κ1) is 23.9. The summed E-state index contributed by atoms with van der Waals surface area (Å²) in [5.41, 5.74) is 3.53. The molecular weight excluding hydrogens is 478 g/mol. The van der Waals surface area contributed by atoms with Crippen molar-refractivity contribution in [2.45, 2.75) is 95.8 Å². The Balaban J connectivity index is 1.24. The molecule has 1 aromatic heterocycles. The topological polar surface area (TPSA) is 45.2 Å². The van der Waals surface area contributed by atoms with E-state index in [0.29, 0.717) is 24.2 Å². The van der Waals surface area contributed by atoms with Gasteiger partial charge in [-0.1, -0.05) is 55.5 Å². The lowest BCUT2D eigenvalue weighted by molar-refractivity contribution is 0.177. The highest BCUT2D eigenvalue weighted by atomic mass is 15.4. The van der Waals surface area contributed by atoms with E-state index in [-0.39, 0.29) is 0 Å². The molecule has 2 aromatic carbocycles. The Morgan fingerprint density at radius 3 is 2.18 bits per heavy atom. The van der Waals surface area contributed by atoms with E-state index < -0.39 is 0 Å². The van der Waals surface area contributed by atoms with Gasteiger partial charge in [-0.15, -0.1) is 0 Å². The first-order valence-electron chi connectivity index (χ1n) is 15.6. The zero-order valence-corrected chi connectivity index (χ0v) is 23.4. The van der Waals surface area contributed by atoms with Crippen LogP contribution in [0, 0.1) is 23.7 Å². The number of piperidine rings is 2. The molecule has 5 bridgehead atoms. The van der Waals surface area contributed by atoms with Crippen molar-refractivity contribution >= 4 is 11.9 Å². The van der Waals surface area contributed by atoms with Crippen LogP contribution in [-0.2, 0) is 0 Å². The Morgan fingerprint density at radius 2 is 1.31 bits per heavy atom. The molecule has 3 heterocycles. The van der Waals surface area contributed by atoms with E-state index >= 15 is 0 Å². The van der Waals surface area contributed by atoms with Gasteiger partial charge in [-0.2, -0.15) is 15.0 Å². The van der Waals surface area contributed by atoms with Crippen LogP contribution in [0.3, 0.4) is 0 Å². The number of aromatic nitrogens is 3. The number of anilines is 2. The summed E-state index contributed by atoms with van der Waals surface area (Å²) >= 11 is 0. The van der Waals surface area contributed by atoms with Crippen molar-refractivity contribution in [3.63, 3.8) is 0 Å². The van der Waals surface area contributed by atoms with Gasteiger partial charge in [-0.3, -0.25) is 0 Å². The third-order valence-electron chi connectivity index (χ3n) is 10.9. The average Bonchev–Trinajstić information content (AvgIpc) is 3.20. The van der Waals surface area contributed by atoms with Crippen LogP contribution in [0.4, 0.5) is 11.9 Å². The molecule has 0 radical (unpaired) electrons. The van der Waals surface area contributed by atoms with Crippen LogP contribution >= 0.6 is 0 Å². The zero-order chi connectivity index (χ0) is 26.1. The minimum Gasteiger partial charge on any atom is -0.335 e. The van der Waals surface area contributed by atoms with Crippen LogP contribution in [-0.4, -0.2) is 39.1 Å². The van der Waals surface area contributed by atoms with Gasteiger partial charge >= 0.3 is 0 Å². The lowest BCUT2D eigenvalue weighted by Crippen LogP contribution is -2.52. The molecule has 8 unspecified atom stereocenters. The molecule has 5 nitrogen and oxygen atoms in total. The first-order valence-corrected chi connectivity index (χ1v) is 15.6. The summed E-state index contributed by atoms with van der Waals surface area (Å²) in [6.07, 6.45) is 11.8. The quantitative estimate of drug-likeness (QED) is 0.360. The molecule has 5 fully saturated rings. The molecule has 202 valence electrons. The zero-order valence-electron chi connectivity index (χ0n) is 23.4. The van der Waals surface area contributed by atoms with Crippen LogP contribution in [0.2, 0.25) is 0 Å². The van der Waals surface area contributed by atoms with Gasteiger partial charge in [0.2, 0.25) is 11.9 Å². The average molecular weight is 520 g/mol. The highest BCUT2D eigenvalue weighted by molar-refractivity contribution is 5.71. The van der Waals surface area contributed by atoms with Gasteiger partial charge in [0.15, 0.2) is 5.82 Å². The summed E-state index contributed by atoms with van der Waals surface area (Å²) in [7, 11) is 0. The molecule has 39 heavy (non-hydrogen) atoms. The summed E-state index contributed by atoms with van der Waals surface area (Å²) in [5.74, 6) is 6.16. The smallest absolute Gasteiger partial charge is 0.231 e. The Hall–Kier alpha value is -2.95. The van der Waals surface area contributed by atoms with E-state index in [9.17, 15) is 0 Å². The summed E-state index contributed by atoms with van der Waals surface area (Å²) in [5, 5.41) is 0. The molecule has 0 spiro atoms. The number of benzene rings is 2. The fourth-order valence-electron chi connectivity index (χ4n) is 9.43. The second-order valence-electron chi connectivity index (χ2n) is 13.5. The molecule has 2 aliphatic heterocycles. The molecule has 0 N–H and O–H groups in total. The van der Waals surface area contributed by atoms with Crippen LogP contribution < -0.4 is 9.80 Å². The Kier molecular flexibility index (Phi) is 5.71. The summed E-state index contributed by atoms with van der Waals surface area (Å²) in [6, 6.07) is 21.6. The molecule has 0 amide bonds. The van der Waals surface area contributed by atoms with Gasteiger partial charge < -0.3 is 9.80 Å². The SMILES string of the molecule is CC1CC2CC(C)N(c3nc(-c4cccc(-c5ccccc5)c4)nc(N4C5CCC6CC4CC6C5)n3)C(C1)C2. The van der Waals surface area contributed by atoms with E-state index in [1.807, 2.05) is 0 Å². The fourth-order valence-corrected chi connectivity index (χ4v) is 9.43. The number of nitrogens with zero attached hydrogens (tertiary/aromatic N) is 5. The second kappa shape index (κ2) is 9.31. The largest absolute Gasteiger partial charge is 0.335 e. The molecule has 8 rings (SSSR count). The molecule has 5 heteroatoms. The van der Waals surface area contributed by atoms with Crippen molar-refractivity contribution in [1.29, 1.82) is 0 Å². The monoisotopic (exact) mass is 519 g/mol. The minimum atomic E-state index is 0.466. The van der Waals surface area contributed by atoms with Gasteiger partial charge in [0, 0.05) is 29.7 Å². The standard InChI is InChI=1S/C34H41N5/c1-21-13-23-15-22(2)38(30(14-21)16-23)33-35-32(27-10-6-9-25(17-27)24-7-4-3-5-8-24)36-34(37-33)39-29-12-11-26-18-31(39)20-28(26)19-29/h3-10,17,21-23,26,28-31H,11-16,18-20H2,1-2H3. The maximum Gasteiger partial charge on any atom is 0.231 e. The third kappa shape index (κ3) is 4.15. The lowest BCUT2D eigenvalue weighted by Gasteiger charge is -2.49. The molecule has 3 aliphatic carbocycles. The molecule has 5 aliphatic rings. The minimum absolute atomic E-state index is 0.466. The van der Waals surface area contributed by atoms with Crippen molar-refractivity contribution in [3.8, 4) is 22.5 Å². The van der Waals surface area contributed by atoms with E-state index in [1.54, 1.807) is 0 Å². The van der Waals surface area contributed by atoms with Gasteiger partial charge in [-0.25, -0.2) is 0 Å². The lowest BCUT2D eigenvalue weighted by atomic mass is 9.73. The van der Waals surface area contributed by atoms with Gasteiger partial charge in [0.05, 0.1) is 0 Å². The van der Waals surface area contributed by atoms with E-state index in [4.69, 9.17) is 15.0 Å². The van der Waals surface area contributed by atoms with Crippen molar-refractivity contribution < 1.29 is 0 Å². The number of fused-ring (bicyclic) bond motifs is 4. The Labute approximate surface area is 233 Å². The van der Waals surface area contributed by atoms with Gasteiger partial charge in [0.25, 0.3) is 0 Å². The van der Waals surface area contributed by atoms with Crippen molar-refractivity contribution in [1.82, 2.24) is 15.0 Å². The molecule has 3 aromatic rings. The third-order valence-corrected chi connectivity index (χ3v) is 10.9. The first-order chi connectivity index (χ1) is 19.1. The Morgan fingerprint density at radius 1 is 0.590 bits per heavy atom. The summed E-state index contributed by atoms with van der Waals surface area (Å²) < 4.78 is 0. The molecule has 2 saturated heterocycles. The fraction of sp³-hybridized carbons (Fsp3) is 0.559. The van der Waals surface area contributed by atoms with E-state index in [1.165, 1.54) is 68.9 Å². The van der Waals surface area contributed by atoms with Gasteiger partial charge in [-0.05, 0) is 106 Å². The van der Waals surface area contributed by atoms with Crippen LogP contribution in [0.15, 0.2) is 54.6 Å². The summed E-state index contributed by atoms with van der Waals surface area (Å²) in [4.78, 5) is 21.2. The Bertz CT molecular complexity index is 1340. The number of rotatable bonds is 4. The molecule has 8 atom stereocenters. The van der Waals surface area contributed by atoms with Crippen molar-refractivity contribution in [2.75, 3.05) is 9.80 Å². The predicted molar refractivity (Wildman–Crippen MR) is 158 cm³/mol. The van der Waals surface area contributed by atoms with E-state index in [0.717, 1.165) is 47.0 Å². The normalized spacial score (nSPS) is 34.9. The predicted octanol–water partition coefficient (Wildman–Crippen LogP) is 7.38. The second-order valence-corrected chi connectivity index (χ2v) is 13.5. The van der Waals surface area contributed by atoms with E-state index in [2.05, 4.69) is 78.2 Å². The van der Waals surface area contributed by atoms with Crippen LogP contribution in [0.1, 0.15) is 71.6 Å². The highest BCUT2D eigenvalue weighted by Gasteiger charge is 2.49. The van der Waals surface area contributed by atoms with Crippen molar-refractivity contribution in [2.24, 2.45) is 23.7 Å². The molecular formula is C34H41N5. The number of hydrogen-bond acceptors (Lipinski definition) is 5. The maximum absolute atomic E-state index is 5.37. The van der Waals surface area contributed by atoms with Crippen LogP contribution in [0.5, 0.6) is 0 Å². The van der Waals surface area contributed by atoms with Crippen molar-refractivity contribution in [3.05, 3.63) is 54.6 Å².